The summed E-state index contributed by atoms with van der Waals surface area (Å²) in [5.74, 6) is -1.27. The number of hydrogen-bond acceptors (Lipinski definition) is 9. The number of nitrogens with zero attached hydrogens (tertiary/aromatic N) is 5. The third-order valence-electron chi connectivity index (χ3n) is 6.81. The average molecular weight is 598 g/mol. The lowest BCUT2D eigenvalue weighted by molar-refractivity contribution is -0.137. The van der Waals surface area contributed by atoms with Gasteiger partial charge >= 0.3 is 6.18 Å². The Balaban J connectivity index is 1.37. The van der Waals surface area contributed by atoms with Gasteiger partial charge in [-0.15, -0.1) is 0 Å². The second kappa shape index (κ2) is 12.6. The van der Waals surface area contributed by atoms with Crippen LogP contribution in [0.4, 0.5) is 29.2 Å². The maximum atomic E-state index is 14.8. The van der Waals surface area contributed by atoms with E-state index >= 15 is 0 Å². The zero-order valence-electron chi connectivity index (χ0n) is 23.2. The van der Waals surface area contributed by atoms with Crippen LogP contribution in [0.15, 0.2) is 61.1 Å². The molecule has 0 aliphatic carbocycles. The Morgan fingerprint density at radius 3 is 2.67 bits per heavy atom. The highest BCUT2D eigenvalue weighted by molar-refractivity contribution is 6.04. The lowest BCUT2D eigenvalue weighted by Crippen LogP contribution is -2.30. The Kier molecular flexibility index (Phi) is 8.66. The molecule has 2 aromatic carbocycles. The van der Waals surface area contributed by atoms with Crippen LogP contribution >= 0.6 is 0 Å². The first-order valence-corrected chi connectivity index (χ1v) is 13.3. The van der Waals surface area contributed by atoms with E-state index in [1.807, 2.05) is 7.05 Å². The van der Waals surface area contributed by atoms with Crippen LogP contribution in [0.1, 0.15) is 28.8 Å². The molecule has 1 saturated heterocycles. The standard InChI is InChI=1S/C29H27F4N7O3/c1-34-28-37-16-36-25(39-28)22-6-3-9-35-27(22)43-20-7-8-24(30)23(14-20)26(41)38-18-11-17(29(31,32)33)12-21(13-18)42-15-19-5-4-10-40(19)2/h3,6-9,11-14,16,19H,4-5,10,15H2,1-2H3,(H,38,41)(H,34,36,37,39). The van der Waals surface area contributed by atoms with Crippen molar-refractivity contribution in [2.24, 2.45) is 0 Å². The summed E-state index contributed by atoms with van der Waals surface area (Å²) in [6, 6.07) is 9.70. The molecule has 224 valence electrons. The molecule has 1 unspecified atom stereocenters. The molecule has 5 rings (SSSR count). The van der Waals surface area contributed by atoms with E-state index in [-0.39, 0.29) is 41.5 Å². The number of carbonyl (C=O) groups excluding carboxylic acids is 1. The van der Waals surface area contributed by atoms with E-state index in [1.54, 1.807) is 19.2 Å². The number of hydrogen-bond donors (Lipinski definition) is 2. The fraction of sp³-hybridized carbons (Fsp3) is 0.276. The number of rotatable bonds is 9. The van der Waals surface area contributed by atoms with Gasteiger partial charge in [0.15, 0.2) is 5.82 Å². The van der Waals surface area contributed by atoms with Gasteiger partial charge in [-0.05, 0) is 68.9 Å². The molecular formula is C29H27F4N7O3. The summed E-state index contributed by atoms with van der Waals surface area (Å²) in [4.78, 5) is 31.8. The Morgan fingerprint density at radius 2 is 1.93 bits per heavy atom. The number of pyridine rings is 1. The largest absolute Gasteiger partial charge is 0.492 e. The number of halogens is 4. The molecule has 2 aromatic heterocycles. The number of amides is 1. The highest BCUT2D eigenvalue weighted by Crippen LogP contribution is 2.35. The Morgan fingerprint density at radius 1 is 1.09 bits per heavy atom. The van der Waals surface area contributed by atoms with Gasteiger partial charge in [0.05, 0.1) is 16.7 Å². The van der Waals surface area contributed by atoms with Crippen LogP contribution in [0, 0.1) is 5.82 Å². The summed E-state index contributed by atoms with van der Waals surface area (Å²) in [6.07, 6.45) is -0.0890. The zero-order chi connectivity index (χ0) is 30.6. The van der Waals surface area contributed by atoms with Crippen molar-refractivity contribution in [3.8, 4) is 28.8 Å². The van der Waals surface area contributed by atoms with Crippen LogP contribution in [-0.4, -0.2) is 64.0 Å². The molecule has 0 radical (unpaired) electrons. The van der Waals surface area contributed by atoms with Gasteiger partial charge < -0.3 is 25.0 Å². The molecule has 4 aromatic rings. The SMILES string of the molecule is CNc1ncnc(-c2cccnc2Oc2ccc(F)c(C(=O)Nc3cc(OCC4CCCN4C)cc(C(F)(F)F)c3)c2)n1. The number of nitrogens with one attached hydrogen (secondary N) is 2. The van der Waals surface area contributed by atoms with Crippen molar-refractivity contribution < 1.29 is 31.8 Å². The fourth-order valence-electron chi connectivity index (χ4n) is 4.54. The van der Waals surface area contributed by atoms with Gasteiger partial charge in [-0.25, -0.2) is 19.3 Å². The monoisotopic (exact) mass is 597 g/mol. The van der Waals surface area contributed by atoms with E-state index < -0.39 is 29.0 Å². The molecule has 14 heteroatoms. The van der Waals surface area contributed by atoms with E-state index in [0.29, 0.717) is 11.5 Å². The normalized spacial score (nSPS) is 15.3. The third-order valence-corrected chi connectivity index (χ3v) is 6.81. The van der Waals surface area contributed by atoms with E-state index in [2.05, 4.69) is 35.5 Å². The molecule has 0 saturated carbocycles. The molecule has 10 nitrogen and oxygen atoms in total. The first-order valence-electron chi connectivity index (χ1n) is 13.3. The van der Waals surface area contributed by atoms with E-state index in [1.165, 1.54) is 24.7 Å². The predicted octanol–water partition coefficient (Wildman–Crippen LogP) is 5.65. The number of anilines is 2. The van der Waals surface area contributed by atoms with Gasteiger partial charge in [0, 0.05) is 31.0 Å². The number of aromatic nitrogens is 4. The van der Waals surface area contributed by atoms with Crippen LogP contribution < -0.4 is 20.1 Å². The van der Waals surface area contributed by atoms with Gasteiger partial charge in [-0.2, -0.15) is 18.2 Å². The minimum atomic E-state index is -4.70. The number of ether oxygens (including phenoxy) is 2. The number of likely N-dealkylation sites (N-methyl/N-ethyl adjacent to an activating group) is 1. The molecule has 43 heavy (non-hydrogen) atoms. The van der Waals surface area contributed by atoms with Crippen LogP contribution in [0.3, 0.4) is 0 Å². The number of alkyl halides is 3. The lowest BCUT2D eigenvalue weighted by Gasteiger charge is -2.20. The van der Waals surface area contributed by atoms with Crippen LogP contribution in [0.2, 0.25) is 0 Å². The minimum Gasteiger partial charge on any atom is -0.492 e. The molecule has 1 aliphatic rings. The van der Waals surface area contributed by atoms with Crippen LogP contribution in [0.25, 0.3) is 11.4 Å². The summed E-state index contributed by atoms with van der Waals surface area (Å²) < 4.78 is 67.3. The molecule has 2 N–H and O–H groups in total. The summed E-state index contributed by atoms with van der Waals surface area (Å²) in [5, 5.41) is 5.16. The van der Waals surface area contributed by atoms with Crippen LogP contribution in [-0.2, 0) is 6.18 Å². The molecule has 1 fully saturated rings. The van der Waals surface area contributed by atoms with Gasteiger partial charge in [-0.3, -0.25) is 4.79 Å². The molecule has 1 aliphatic heterocycles. The second-order valence-corrected chi connectivity index (χ2v) is 9.77. The van der Waals surface area contributed by atoms with E-state index in [0.717, 1.165) is 43.7 Å². The minimum absolute atomic E-state index is 0.0446. The first kappa shape index (κ1) is 29.6. The number of likely N-dealkylation sites (tertiary alicyclic amines) is 1. The van der Waals surface area contributed by atoms with Crippen molar-refractivity contribution >= 4 is 17.5 Å². The van der Waals surface area contributed by atoms with Gasteiger partial charge in [0.1, 0.15) is 30.3 Å². The highest BCUT2D eigenvalue weighted by Gasteiger charge is 2.32. The highest BCUT2D eigenvalue weighted by atomic mass is 19.4. The summed E-state index contributed by atoms with van der Waals surface area (Å²) in [7, 11) is 3.57. The maximum Gasteiger partial charge on any atom is 0.416 e. The maximum absolute atomic E-state index is 14.8. The van der Waals surface area contributed by atoms with Crippen molar-refractivity contribution in [2.45, 2.75) is 25.1 Å². The number of benzene rings is 2. The van der Waals surface area contributed by atoms with Gasteiger partial charge in [0.2, 0.25) is 11.8 Å². The van der Waals surface area contributed by atoms with Crippen molar-refractivity contribution in [3.05, 3.63) is 78.0 Å². The lowest BCUT2D eigenvalue weighted by atomic mass is 10.1. The average Bonchev–Trinajstić information content (AvgIpc) is 3.41. The third kappa shape index (κ3) is 7.15. The van der Waals surface area contributed by atoms with E-state index in [9.17, 15) is 22.4 Å². The van der Waals surface area contributed by atoms with Crippen molar-refractivity contribution in [2.75, 3.05) is 37.9 Å². The Bertz CT molecular complexity index is 1620. The summed E-state index contributed by atoms with van der Waals surface area (Å²) in [5.41, 5.74) is -1.28. The van der Waals surface area contributed by atoms with Crippen molar-refractivity contribution in [3.63, 3.8) is 0 Å². The van der Waals surface area contributed by atoms with Gasteiger partial charge in [0.25, 0.3) is 5.91 Å². The Labute approximate surface area is 244 Å². The van der Waals surface area contributed by atoms with E-state index in [4.69, 9.17) is 9.47 Å². The zero-order valence-corrected chi connectivity index (χ0v) is 23.2. The van der Waals surface area contributed by atoms with Gasteiger partial charge in [-0.1, -0.05) is 0 Å². The molecule has 1 amide bonds. The quantitative estimate of drug-likeness (QED) is 0.236. The summed E-state index contributed by atoms with van der Waals surface area (Å²) >= 11 is 0. The number of carbonyl (C=O) groups is 1. The predicted molar refractivity (Wildman–Crippen MR) is 150 cm³/mol. The van der Waals surface area contributed by atoms with Crippen LogP contribution in [0.5, 0.6) is 17.4 Å². The second-order valence-electron chi connectivity index (χ2n) is 9.77. The molecule has 0 bridgehead atoms. The smallest absolute Gasteiger partial charge is 0.416 e. The molecule has 1 atom stereocenters. The molecule has 0 spiro atoms. The van der Waals surface area contributed by atoms with Crippen molar-refractivity contribution in [1.82, 2.24) is 24.8 Å². The Hall–Kier alpha value is -4.85. The fourth-order valence-corrected chi connectivity index (χ4v) is 4.54. The molecule has 3 heterocycles. The topological polar surface area (TPSA) is 114 Å². The van der Waals surface area contributed by atoms with Crippen molar-refractivity contribution in [1.29, 1.82) is 0 Å². The summed E-state index contributed by atoms with van der Waals surface area (Å²) in [6.45, 7) is 1.07. The molecular weight excluding hydrogens is 570 g/mol. The first-order chi connectivity index (χ1) is 20.6.